The van der Waals surface area contributed by atoms with E-state index in [0.717, 1.165) is 17.4 Å². The van der Waals surface area contributed by atoms with Crippen LogP contribution in [0.15, 0.2) is 22.8 Å². The Morgan fingerprint density at radius 3 is 2.75 bits per heavy atom. The van der Waals surface area contributed by atoms with Crippen molar-refractivity contribution in [3.8, 4) is 0 Å². The lowest BCUT2D eigenvalue weighted by molar-refractivity contribution is -0.133. The molecule has 0 aliphatic rings. The van der Waals surface area contributed by atoms with Crippen molar-refractivity contribution in [2.24, 2.45) is 0 Å². The number of nitrogens with zero attached hydrogens (tertiary/aromatic N) is 2. The molecule has 110 valence electrons. The van der Waals surface area contributed by atoms with Gasteiger partial charge in [-0.15, -0.1) is 0 Å². The van der Waals surface area contributed by atoms with E-state index in [0.29, 0.717) is 12.2 Å². The minimum Gasteiger partial charge on any atom is -0.336 e. The van der Waals surface area contributed by atoms with Crippen LogP contribution >= 0.6 is 15.9 Å². The summed E-state index contributed by atoms with van der Waals surface area (Å²) in [6, 6.07) is 3.48. The molecule has 0 aliphatic heterocycles. The van der Waals surface area contributed by atoms with E-state index in [1.54, 1.807) is 25.4 Å². The molecule has 7 heteroatoms. The SMILES string of the molecule is CNCCCC(=O)N(C)CC(=O)Nc1ccc(Br)cn1. The van der Waals surface area contributed by atoms with Gasteiger partial charge < -0.3 is 15.5 Å². The second-order valence-corrected chi connectivity index (χ2v) is 5.28. The number of carbonyl (C=O) groups is 2. The lowest BCUT2D eigenvalue weighted by Crippen LogP contribution is -2.35. The molecule has 0 aliphatic carbocycles. The fraction of sp³-hybridized carbons (Fsp3) is 0.462. The summed E-state index contributed by atoms with van der Waals surface area (Å²) in [6.45, 7) is 0.810. The Hall–Kier alpha value is -1.47. The maximum atomic E-state index is 11.8. The van der Waals surface area contributed by atoms with Crippen LogP contribution in [0.4, 0.5) is 5.82 Å². The normalized spacial score (nSPS) is 10.2. The fourth-order valence-corrected chi connectivity index (χ4v) is 1.78. The molecule has 2 amide bonds. The van der Waals surface area contributed by atoms with Crippen LogP contribution in [0.5, 0.6) is 0 Å². The van der Waals surface area contributed by atoms with Crippen LogP contribution in [0.2, 0.25) is 0 Å². The number of likely N-dealkylation sites (N-methyl/N-ethyl adjacent to an activating group) is 1. The molecule has 0 unspecified atom stereocenters. The van der Waals surface area contributed by atoms with E-state index in [9.17, 15) is 9.59 Å². The topological polar surface area (TPSA) is 74.3 Å². The predicted octanol–water partition coefficient (Wildman–Crippen LogP) is 1.24. The van der Waals surface area contributed by atoms with Crippen LogP contribution in [-0.4, -0.2) is 48.9 Å². The molecule has 0 spiro atoms. The number of hydrogen-bond donors (Lipinski definition) is 2. The minimum atomic E-state index is -0.260. The first-order chi connectivity index (χ1) is 9.52. The number of amides is 2. The van der Waals surface area contributed by atoms with E-state index >= 15 is 0 Å². The molecule has 0 saturated heterocycles. The van der Waals surface area contributed by atoms with Crippen LogP contribution in [0.1, 0.15) is 12.8 Å². The number of aromatic nitrogens is 1. The standard InChI is InChI=1S/C13H19BrN4O2/c1-15-7-3-4-13(20)18(2)9-12(19)17-11-6-5-10(14)8-16-11/h5-6,8,15H,3-4,7,9H2,1-2H3,(H,16,17,19). The first-order valence-corrected chi connectivity index (χ1v) is 7.12. The Balaban J connectivity index is 2.37. The van der Waals surface area contributed by atoms with Crippen molar-refractivity contribution in [1.82, 2.24) is 15.2 Å². The predicted molar refractivity (Wildman–Crippen MR) is 81.4 cm³/mol. The van der Waals surface area contributed by atoms with Gasteiger partial charge in [-0.05, 0) is 48.1 Å². The average molecular weight is 343 g/mol. The molecule has 2 N–H and O–H groups in total. The van der Waals surface area contributed by atoms with Gasteiger partial charge in [-0.25, -0.2) is 4.98 Å². The van der Waals surface area contributed by atoms with Gasteiger partial charge in [0.25, 0.3) is 0 Å². The lowest BCUT2D eigenvalue weighted by atomic mass is 10.3. The van der Waals surface area contributed by atoms with E-state index in [1.165, 1.54) is 4.90 Å². The summed E-state index contributed by atoms with van der Waals surface area (Å²) in [7, 11) is 3.46. The smallest absolute Gasteiger partial charge is 0.245 e. The maximum absolute atomic E-state index is 11.8. The van der Waals surface area contributed by atoms with Gasteiger partial charge in [0.2, 0.25) is 11.8 Å². The van der Waals surface area contributed by atoms with E-state index < -0.39 is 0 Å². The van der Waals surface area contributed by atoms with Gasteiger partial charge in [0.15, 0.2) is 0 Å². The Bertz CT molecular complexity index is 450. The molecule has 0 bridgehead atoms. The highest BCUT2D eigenvalue weighted by Crippen LogP contribution is 2.10. The van der Waals surface area contributed by atoms with Crippen molar-refractivity contribution < 1.29 is 9.59 Å². The van der Waals surface area contributed by atoms with Crippen LogP contribution in [-0.2, 0) is 9.59 Å². The van der Waals surface area contributed by atoms with Crippen molar-refractivity contribution in [2.75, 3.05) is 32.5 Å². The summed E-state index contributed by atoms with van der Waals surface area (Å²) in [5, 5.41) is 5.62. The highest BCUT2D eigenvalue weighted by atomic mass is 79.9. The Labute approximate surface area is 127 Å². The van der Waals surface area contributed by atoms with E-state index in [-0.39, 0.29) is 18.4 Å². The minimum absolute atomic E-state index is 0.0239. The molecule has 1 rings (SSSR count). The highest BCUT2D eigenvalue weighted by Gasteiger charge is 2.12. The molecule has 1 aromatic heterocycles. The summed E-state index contributed by atoms with van der Waals surface area (Å²) in [5.74, 6) is 0.165. The molecule has 0 aromatic carbocycles. The monoisotopic (exact) mass is 342 g/mol. The van der Waals surface area contributed by atoms with E-state index in [2.05, 4.69) is 31.5 Å². The first-order valence-electron chi connectivity index (χ1n) is 6.33. The van der Waals surface area contributed by atoms with Crippen LogP contribution in [0, 0.1) is 0 Å². The summed E-state index contributed by atoms with van der Waals surface area (Å²) in [4.78, 5) is 29.0. The van der Waals surface area contributed by atoms with Crippen molar-refractivity contribution >= 4 is 33.6 Å². The third-order valence-electron chi connectivity index (χ3n) is 2.62. The fourth-order valence-electron chi connectivity index (χ4n) is 1.54. The number of rotatable bonds is 7. The number of hydrogen-bond acceptors (Lipinski definition) is 4. The Morgan fingerprint density at radius 2 is 2.15 bits per heavy atom. The number of pyridine rings is 1. The molecule has 20 heavy (non-hydrogen) atoms. The van der Waals surface area contributed by atoms with Gasteiger partial charge in [-0.3, -0.25) is 9.59 Å². The first kappa shape index (κ1) is 16.6. The number of anilines is 1. The largest absolute Gasteiger partial charge is 0.336 e. The van der Waals surface area contributed by atoms with E-state index in [4.69, 9.17) is 0 Å². The van der Waals surface area contributed by atoms with Crippen molar-refractivity contribution in [1.29, 1.82) is 0 Å². The third-order valence-corrected chi connectivity index (χ3v) is 3.09. The Kier molecular flexibility index (Phi) is 7.17. The Morgan fingerprint density at radius 1 is 1.40 bits per heavy atom. The highest BCUT2D eigenvalue weighted by molar-refractivity contribution is 9.10. The van der Waals surface area contributed by atoms with Crippen LogP contribution in [0.25, 0.3) is 0 Å². The van der Waals surface area contributed by atoms with Gasteiger partial charge in [0.05, 0.1) is 6.54 Å². The molecule has 0 radical (unpaired) electrons. The number of halogens is 1. The molecule has 6 nitrogen and oxygen atoms in total. The quantitative estimate of drug-likeness (QED) is 0.731. The van der Waals surface area contributed by atoms with Gasteiger partial charge in [-0.1, -0.05) is 0 Å². The zero-order valence-electron chi connectivity index (χ0n) is 11.6. The van der Waals surface area contributed by atoms with Crippen molar-refractivity contribution in [2.45, 2.75) is 12.8 Å². The molecular formula is C13H19BrN4O2. The van der Waals surface area contributed by atoms with Crippen LogP contribution in [0.3, 0.4) is 0 Å². The molecule has 0 atom stereocenters. The zero-order chi connectivity index (χ0) is 15.0. The number of carbonyl (C=O) groups excluding carboxylic acids is 2. The summed E-state index contributed by atoms with van der Waals surface area (Å²) in [5.41, 5.74) is 0. The second-order valence-electron chi connectivity index (χ2n) is 4.37. The maximum Gasteiger partial charge on any atom is 0.245 e. The molecule has 1 heterocycles. The van der Waals surface area contributed by atoms with Gasteiger partial charge >= 0.3 is 0 Å². The summed E-state index contributed by atoms with van der Waals surface area (Å²) >= 11 is 3.27. The van der Waals surface area contributed by atoms with Gasteiger partial charge in [0, 0.05) is 24.1 Å². The van der Waals surface area contributed by atoms with Gasteiger partial charge in [0.1, 0.15) is 5.82 Å². The van der Waals surface area contributed by atoms with Crippen molar-refractivity contribution in [3.05, 3.63) is 22.8 Å². The second kappa shape index (κ2) is 8.65. The lowest BCUT2D eigenvalue weighted by Gasteiger charge is -2.16. The number of nitrogens with one attached hydrogen (secondary N) is 2. The molecule has 1 aromatic rings. The molecule has 0 saturated carbocycles. The van der Waals surface area contributed by atoms with Crippen LogP contribution < -0.4 is 10.6 Å². The van der Waals surface area contributed by atoms with E-state index in [1.807, 2.05) is 7.05 Å². The van der Waals surface area contributed by atoms with Gasteiger partial charge in [-0.2, -0.15) is 0 Å². The third kappa shape index (κ3) is 6.12. The zero-order valence-corrected chi connectivity index (χ0v) is 13.2. The average Bonchev–Trinajstić information content (AvgIpc) is 2.41. The molecular weight excluding hydrogens is 324 g/mol. The molecule has 0 fully saturated rings. The summed E-state index contributed by atoms with van der Waals surface area (Å²) < 4.78 is 0.840. The summed E-state index contributed by atoms with van der Waals surface area (Å²) in [6.07, 6.45) is 2.79. The van der Waals surface area contributed by atoms with Crippen molar-refractivity contribution in [3.63, 3.8) is 0 Å².